The summed E-state index contributed by atoms with van der Waals surface area (Å²) in [5.74, 6) is -2.27. The Morgan fingerprint density at radius 3 is 2.59 bits per heavy atom. The fourth-order valence-electron chi connectivity index (χ4n) is 3.22. The zero-order valence-electron chi connectivity index (χ0n) is 15.2. The van der Waals surface area contributed by atoms with Gasteiger partial charge in [0.05, 0.1) is 10.7 Å². The minimum atomic E-state index is -1.06. The van der Waals surface area contributed by atoms with E-state index in [9.17, 15) is 18.8 Å². The van der Waals surface area contributed by atoms with E-state index in [2.05, 4.69) is 15.7 Å². The van der Waals surface area contributed by atoms with Gasteiger partial charge in [-0.25, -0.2) is 9.29 Å². The highest BCUT2D eigenvalue weighted by Gasteiger charge is 2.55. The number of hydrogen-bond acceptors (Lipinski definition) is 6. The second kappa shape index (κ2) is 7.25. The summed E-state index contributed by atoms with van der Waals surface area (Å²) < 4.78 is 13.4. The van der Waals surface area contributed by atoms with Crippen LogP contribution in [0.25, 0.3) is 0 Å². The van der Waals surface area contributed by atoms with Crippen molar-refractivity contribution in [1.29, 1.82) is 0 Å². The van der Waals surface area contributed by atoms with Gasteiger partial charge in [0.1, 0.15) is 12.4 Å². The number of nitrogens with zero attached hydrogens (tertiary/aromatic N) is 4. The van der Waals surface area contributed by atoms with Crippen LogP contribution in [0.5, 0.6) is 0 Å². The van der Waals surface area contributed by atoms with Gasteiger partial charge in [-0.15, -0.1) is 0 Å². The Kier molecular flexibility index (Phi) is 4.75. The van der Waals surface area contributed by atoms with Crippen LogP contribution in [0.2, 0.25) is 5.02 Å². The molecule has 2 aliphatic rings. The number of anilines is 2. The van der Waals surface area contributed by atoms with Crippen LogP contribution >= 0.6 is 11.6 Å². The molecule has 2 atom stereocenters. The zero-order chi connectivity index (χ0) is 20.7. The summed E-state index contributed by atoms with van der Waals surface area (Å²) in [4.78, 5) is 38.7. The molecule has 0 unspecified atom stereocenters. The molecule has 4 rings (SSSR count). The molecule has 0 spiro atoms. The lowest BCUT2D eigenvalue weighted by Crippen LogP contribution is -2.43. The van der Waals surface area contributed by atoms with Crippen LogP contribution in [-0.2, 0) is 14.4 Å². The molecule has 2 aliphatic heterocycles. The van der Waals surface area contributed by atoms with Crippen LogP contribution in [0, 0.1) is 12.7 Å². The summed E-state index contributed by atoms with van der Waals surface area (Å²) in [6, 6.07) is 8.67. The molecule has 0 bridgehead atoms. The minimum Gasteiger partial charge on any atom is -0.324 e. The molecule has 2 aromatic carbocycles. The normalized spacial score (nSPS) is 20.4. The van der Waals surface area contributed by atoms with Crippen molar-refractivity contribution in [1.82, 2.24) is 5.01 Å². The zero-order valence-corrected chi connectivity index (χ0v) is 15.9. The predicted octanol–water partition coefficient (Wildman–Crippen LogP) is 2.72. The van der Waals surface area contributed by atoms with Gasteiger partial charge in [0.25, 0.3) is 11.8 Å². The van der Waals surface area contributed by atoms with Crippen LogP contribution in [0.1, 0.15) is 5.56 Å². The van der Waals surface area contributed by atoms with Gasteiger partial charge in [0.15, 0.2) is 12.1 Å². The van der Waals surface area contributed by atoms with Gasteiger partial charge >= 0.3 is 0 Å². The largest absolute Gasteiger partial charge is 0.324 e. The highest BCUT2D eigenvalue weighted by Crippen LogP contribution is 2.33. The standard InChI is InChI=1S/C19H15ClFN5O3/c1-10-2-4-11(5-3-10)22-15(27)9-25-17-16(23-24-25)18(28)26(19(17)29)12-6-7-14(21)13(20)8-12/h2-8,16-17H,9H2,1H3,(H,22,27)/t16-,17-/m0/s1. The number of rotatable bonds is 4. The Balaban J connectivity index is 1.49. The van der Waals surface area contributed by atoms with Crippen LogP contribution < -0.4 is 10.2 Å². The number of nitrogens with one attached hydrogen (secondary N) is 1. The Hall–Kier alpha value is -3.33. The van der Waals surface area contributed by atoms with Crippen molar-refractivity contribution in [3.63, 3.8) is 0 Å². The highest BCUT2D eigenvalue weighted by atomic mass is 35.5. The Morgan fingerprint density at radius 1 is 1.17 bits per heavy atom. The number of benzene rings is 2. The SMILES string of the molecule is Cc1ccc(NC(=O)CN2N=N[C@@H]3C(=O)N(c4ccc(F)c(Cl)c4)C(=O)[C@H]32)cc1. The van der Waals surface area contributed by atoms with E-state index in [1.165, 1.54) is 17.1 Å². The molecule has 0 aliphatic carbocycles. The first-order chi connectivity index (χ1) is 13.8. The highest BCUT2D eigenvalue weighted by molar-refractivity contribution is 6.32. The first kappa shape index (κ1) is 19.0. The van der Waals surface area contributed by atoms with Crippen molar-refractivity contribution in [2.45, 2.75) is 19.0 Å². The first-order valence-electron chi connectivity index (χ1n) is 8.72. The van der Waals surface area contributed by atoms with Gasteiger partial charge in [-0.1, -0.05) is 34.5 Å². The van der Waals surface area contributed by atoms with E-state index >= 15 is 0 Å². The molecular weight excluding hydrogens is 401 g/mol. The second-order valence-corrected chi connectivity index (χ2v) is 7.12. The van der Waals surface area contributed by atoms with Crippen LogP contribution in [-0.4, -0.2) is 41.4 Å². The Bertz CT molecular complexity index is 1040. The van der Waals surface area contributed by atoms with E-state index in [0.717, 1.165) is 16.5 Å². The Morgan fingerprint density at radius 2 is 1.90 bits per heavy atom. The molecule has 0 aromatic heterocycles. The van der Waals surface area contributed by atoms with E-state index in [0.29, 0.717) is 5.69 Å². The molecule has 3 amide bonds. The number of carbonyl (C=O) groups excluding carboxylic acids is 3. The molecule has 148 valence electrons. The van der Waals surface area contributed by atoms with Gasteiger partial charge < -0.3 is 5.32 Å². The number of hydrogen-bond donors (Lipinski definition) is 1. The molecular formula is C19H15ClFN5O3. The maximum atomic E-state index is 13.4. The predicted molar refractivity (Wildman–Crippen MR) is 103 cm³/mol. The third-order valence-corrected chi connectivity index (χ3v) is 4.95. The second-order valence-electron chi connectivity index (χ2n) is 6.72. The number of halogens is 2. The van der Waals surface area contributed by atoms with Crippen LogP contribution in [0.4, 0.5) is 15.8 Å². The average Bonchev–Trinajstić information content (AvgIpc) is 3.20. The number of carbonyl (C=O) groups is 3. The topological polar surface area (TPSA) is 94.4 Å². The average molecular weight is 416 g/mol. The molecule has 1 saturated heterocycles. The Labute approximate surface area is 169 Å². The lowest BCUT2D eigenvalue weighted by molar-refractivity contribution is -0.123. The fraction of sp³-hybridized carbons (Fsp3) is 0.211. The maximum Gasteiger partial charge on any atom is 0.263 e. The quantitative estimate of drug-likeness (QED) is 0.777. The van der Waals surface area contributed by atoms with Crippen molar-refractivity contribution in [2.24, 2.45) is 10.3 Å². The van der Waals surface area contributed by atoms with Gasteiger partial charge in [-0.05, 0) is 37.3 Å². The first-order valence-corrected chi connectivity index (χ1v) is 9.10. The van der Waals surface area contributed by atoms with E-state index in [1.54, 1.807) is 12.1 Å². The molecule has 8 nitrogen and oxygen atoms in total. The molecule has 2 aromatic rings. The maximum absolute atomic E-state index is 13.4. The van der Waals surface area contributed by atoms with Gasteiger partial charge in [0, 0.05) is 5.69 Å². The monoisotopic (exact) mass is 415 g/mol. The summed E-state index contributed by atoms with van der Waals surface area (Å²) in [5, 5.41) is 11.3. The van der Waals surface area contributed by atoms with E-state index in [-0.39, 0.29) is 17.3 Å². The van der Waals surface area contributed by atoms with Crippen molar-refractivity contribution >= 4 is 40.7 Å². The molecule has 0 radical (unpaired) electrons. The molecule has 29 heavy (non-hydrogen) atoms. The van der Waals surface area contributed by atoms with Crippen molar-refractivity contribution < 1.29 is 18.8 Å². The van der Waals surface area contributed by atoms with Gasteiger partial charge in [0.2, 0.25) is 5.91 Å². The third kappa shape index (κ3) is 3.44. The minimum absolute atomic E-state index is 0.139. The summed E-state index contributed by atoms with van der Waals surface area (Å²) >= 11 is 5.76. The summed E-state index contributed by atoms with van der Waals surface area (Å²) in [7, 11) is 0. The van der Waals surface area contributed by atoms with Crippen molar-refractivity contribution in [3.05, 3.63) is 58.9 Å². The summed E-state index contributed by atoms with van der Waals surface area (Å²) in [5.41, 5.74) is 1.79. The number of imide groups is 1. The van der Waals surface area contributed by atoms with Gasteiger partial charge in [-0.3, -0.25) is 19.4 Å². The van der Waals surface area contributed by atoms with Crippen molar-refractivity contribution in [2.75, 3.05) is 16.8 Å². The summed E-state index contributed by atoms with van der Waals surface area (Å²) in [6.07, 6.45) is 0. The number of amides is 3. The molecule has 2 heterocycles. The van der Waals surface area contributed by atoms with Crippen LogP contribution in [0.3, 0.4) is 0 Å². The molecule has 0 saturated carbocycles. The molecule has 1 fully saturated rings. The summed E-state index contributed by atoms with van der Waals surface area (Å²) in [6.45, 7) is 1.68. The van der Waals surface area contributed by atoms with E-state index < -0.39 is 35.6 Å². The lowest BCUT2D eigenvalue weighted by Gasteiger charge is -2.20. The van der Waals surface area contributed by atoms with Crippen molar-refractivity contribution in [3.8, 4) is 0 Å². The molecule has 1 N–H and O–H groups in total. The number of aryl methyl sites for hydroxylation is 1. The van der Waals surface area contributed by atoms with E-state index in [4.69, 9.17) is 11.6 Å². The fourth-order valence-corrected chi connectivity index (χ4v) is 3.39. The van der Waals surface area contributed by atoms with E-state index in [1.807, 2.05) is 19.1 Å². The smallest absolute Gasteiger partial charge is 0.263 e. The van der Waals surface area contributed by atoms with Crippen LogP contribution in [0.15, 0.2) is 52.8 Å². The number of fused-ring (bicyclic) bond motifs is 1. The van der Waals surface area contributed by atoms with Gasteiger partial charge in [-0.2, -0.15) is 5.11 Å². The lowest BCUT2D eigenvalue weighted by atomic mass is 10.1. The third-order valence-electron chi connectivity index (χ3n) is 4.66. The molecule has 10 heteroatoms.